The summed E-state index contributed by atoms with van der Waals surface area (Å²) < 4.78 is 13.1. The van der Waals surface area contributed by atoms with Crippen LogP contribution < -0.4 is 0 Å². The molecule has 1 saturated heterocycles. The van der Waals surface area contributed by atoms with E-state index in [1.807, 2.05) is 0 Å². The number of carbonyl (C=O) groups is 2. The first kappa shape index (κ1) is 15.4. The van der Waals surface area contributed by atoms with Crippen LogP contribution in [0.15, 0.2) is 24.3 Å². The highest BCUT2D eigenvalue weighted by Gasteiger charge is 2.32. The number of likely N-dealkylation sites (tertiary alicyclic amines) is 1. The quantitative estimate of drug-likeness (QED) is 0.886. The molecule has 0 radical (unpaired) electrons. The second-order valence-electron chi connectivity index (χ2n) is 5.21. The summed E-state index contributed by atoms with van der Waals surface area (Å²) >= 11 is 0. The summed E-state index contributed by atoms with van der Waals surface area (Å²) in [5, 5.41) is 19.1. The number of hydrogen-bond donors (Lipinski definition) is 2. The molecule has 1 heterocycles. The van der Waals surface area contributed by atoms with E-state index in [1.165, 1.54) is 29.2 Å². The number of piperidine rings is 1. The van der Waals surface area contributed by atoms with Crippen molar-refractivity contribution in [1.29, 1.82) is 0 Å². The number of aliphatic hydroxyl groups is 1. The van der Waals surface area contributed by atoms with E-state index in [-0.39, 0.29) is 6.42 Å². The summed E-state index contributed by atoms with van der Waals surface area (Å²) in [7, 11) is 0. The van der Waals surface area contributed by atoms with Crippen molar-refractivity contribution < 1.29 is 24.2 Å². The largest absolute Gasteiger partial charge is 0.480 e. The standard InChI is InChI=1S/C15H18FNO4/c16-11-5-3-4-10(8-11)13(18)9-14(19)17-7-2-1-6-12(17)15(20)21/h3-5,8,12-13,18H,1-2,6-7,9H2,(H,20,21). The number of carboxylic acid groups (broad SMARTS) is 1. The third-order valence-corrected chi connectivity index (χ3v) is 3.71. The van der Waals surface area contributed by atoms with Gasteiger partial charge in [-0.15, -0.1) is 0 Å². The molecule has 1 aromatic carbocycles. The zero-order valence-corrected chi connectivity index (χ0v) is 11.5. The van der Waals surface area contributed by atoms with E-state index in [1.54, 1.807) is 0 Å². The van der Waals surface area contributed by atoms with Gasteiger partial charge in [0.25, 0.3) is 0 Å². The molecular formula is C15H18FNO4. The fourth-order valence-electron chi connectivity index (χ4n) is 2.60. The third kappa shape index (κ3) is 3.78. The smallest absolute Gasteiger partial charge is 0.326 e. The van der Waals surface area contributed by atoms with E-state index in [4.69, 9.17) is 5.11 Å². The van der Waals surface area contributed by atoms with Gasteiger partial charge >= 0.3 is 5.97 Å². The third-order valence-electron chi connectivity index (χ3n) is 3.71. The average Bonchev–Trinajstić information content (AvgIpc) is 2.47. The van der Waals surface area contributed by atoms with Gasteiger partial charge in [0.05, 0.1) is 12.5 Å². The second-order valence-corrected chi connectivity index (χ2v) is 5.21. The molecule has 114 valence electrons. The monoisotopic (exact) mass is 295 g/mol. The highest BCUT2D eigenvalue weighted by atomic mass is 19.1. The lowest BCUT2D eigenvalue weighted by Gasteiger charge is -2.33. The number of halogens is 1. The number of benzene rings is 1. The molecule has 0 saturated carbocycles. The molecule has 1 aliphatic rings. The predicted octanol–water partition coefficient (Wildman–Crippen LogP) is 1.71. The van der Waals surface area contributed by atoms with E-state index < -0.39 is 29.8 Å². The van der Waals surface area contributed by atoms with Gasteiger partial charge in [0.15, 0.2) is 0 Å². The zero-order valence-electron chi connectivity index (χ0n) is 11.5. The maximum absolute atomic E-state index is 13.1. The highest BCUT2D eigenvalue weighted by Crippen LogP contribution is 2.23. The molecule has 0 aliphatic carbocycles. The van der Waals surface area contributed by atoms with E-state index in [9.17, 15) is 19.1 Å². The molecule has 1 fully saturated rings. The Morgan fingerprint density at radius 2 is 2.14 bits per heavy atom. The van der Waals surface area contributed by atoms with Crippen LogP contribution in [0.4, 0.5) is 4.39 Å². The van der Waals surface area contributed by atoms with Crippen LogP contribution in [0.5, 0.6) is 0 Å². The number of carbonyl (C=O) groups excluding carboxylic acids is 1. The van der Waals surface area contributed by atoms with Crippen LogP contribution in [0, 0.1) is 5.82 Å². The summed E-state index contributed by atoms with van der Waals surface area (Å²) in [6.45, 7) is 0.381. The van der Waals surface area contributed by atoms with Gasteiger partial charge in [-0.25, -0.2) is 9.18 Å². The summed E-state index contributed by atoms with van der Waals surface area (Å²) in [6, 6.07) is 4.59. The van der Waals surface area contributed by atoms with Gasteiger partial charge in [-0.2, -0.15) is 0 Å². The summed E-state index contributed by atoms with van der Waals surface area (Å²) in [4.78, 5) is 24.7. The molecule has 0 spiro atoms. The maximum Gasteiger partial charge on any atom is 0.326 e. The molecule has 6 heteroatoms. The van der Waals surface area contributed by atoms with Crippen molar-refractivity contribution in [1.82, 2.24) is 4.90 Å². The van der Waals surface area contributed by atoms with Crippen LogP contribution in [0.25, 0.3) is 0 Å². The summed E-state index contributed by atoms with van der Waals surface area (Å²) in [5.74, 6) is -1.93. The molecule has 2 N–H and O–H groups in total. The SMILES string of the molecule is O=C(O)C1CCCCN1C(=O)CC(O)c1cccc(F)c1. The first-order valence-electron chi connectivity index (χ1n) is 6.95. The van der Waals surface area contributed by atoms with Crippen molar-refractivity contribution in [2.24, 2.45) is 0 Å². The Balaban J connectivity index is 2.04. The van der Waals surface area contributed by atoms with Gasteiger partial charge in [0.1, 0.15) is 11.9 Å². The Morgan fingerprint density at radius 3 is 2.81 bits per heavy atom. The van der Waals surface area contributed by atoms with Crippen molar-refractivity contribution in [3.8, 4) is 0 Å². The van der Waals surface area contributed by atoms with E-state index in [2.05, 4.69) is 0 Å². The Labute approximate surface area is 122 Å². The second kappa shape index (κ2) is 6.67. The number of aliphatic carboxylic acids is 1. The van der Waals surface area contributed by atoms with Crippen molar-refractivity contribution in [3.63, 3.8) is 0 Å². The van der Waals surface area contributed by atoms with Crippen molar-refractivity contribution >= 4 is 11.9 Å². The van der Waals surface area contributed by atoms with Crippen LogP contribution in [-0.2, 0) is 9.59 Å². The van der Waals surface area contributed by atoms with Gasteiger partial charge in [0, 0.05) is 6.54 Å². The van der Waals surface area contributed by atoms with Gasteiger partial charge in [-0.3, -0.25) is 4.79 Å². The minimum Gasteiger partial charge on any atom is -0.480 e. The lowest BCUT2D eigenvalue weighted by Crippen LogP contribution is -2.48. The Hall–Kier alpha value is -1.95. The molecule has 0 bridgehead atoms. The molecule has 2 atom stereocenters. The van der Waals surface area contributed by atoms with Crippen LogP contribution in [-0.4, -0.2) is 39.6 Å². The van der Waals surface area contributed by atoms with E-state index >= 15 is 0 Å². The Morgan fingerprint density at radius 1 is 1.38 bits per heavy atom. The fourth-order valence-corrected chi connectivity index (χ4v) is 2.60. The summed E-state index contributed by atoms with van der Waals surface area (Å²) in [6.07, 6.45) is 0.577. The first-order valence-corrected chi connectivity index (χ1v) is 6.95. The van der Waals surface area contributed by atoms with Gasteiger partial charge in [-0.1, -0.05) is 12.1 Å². The lowest BCUT2D eigenvalue weighted by molar-refractivity contribution is -0.153. The topological polar surface area (TPSA) is 77.8 Å². The average molecular weight is 295 g/mol. The van der Waals surface area contributed by atoms with E-state index in [0.717, 1.165) is 12.8 Å². The van der Waals surface area contributed by atoms with Crippen LogP contribution >= 0.6 is 0 Å². The molecule has 0 aromatic heterocycles. The number of aliphatic hydroxyl groups excluding tert-OH is 1. The van der Waals surface area contributed by atoms with Crippen molar-refractivity contribution in [2.75, 3.05) is 6.54 Å². The van der Waals surface area contributed by atoms with Crippen molar-refractivity contribution in [2.45, 2.75) is 37.8 Å². The van der Waals surface area contributed by atoms with E-state index in [0.29, 0.717) is 18.5 Å². The first-order chi connectivity index (χ1) is 9.99. The maximum atomic E-state index is 13.1. The zero-order chi connectivity index (χ0) is 15.4. The molecule has 21 heavy (non-hydrogen) atoms. The van der Waals surface area contributed by atoms with Gasteiger partial charge < -0.3 is 15.1 Å². The predicted molar refractivity (Wildman–Crippen MR) is 73.0 cm³/mol. The molecule has 2 unspecified atom stereocenters. The highest BCUT2D eigenvalue weighted by molar-refractivity contribution is 5.84. The number of nitrogens with zero attached hydrogens (tertiary/aromatic N) is 1. The van der Waals surface area contributed by atoms with Gasteiger partial charge in [0.2, 0.25) is 5.91 Å². The Kier molecular flexibility index (Phi) is 4.90. The Bertz CT molecular complexity index is 534. The number of rotatable bonds is 4. The summed E-state index contributed by atoms with van der Waals surface area (Å²) in [5.41, 5.74) is 0.312. The molecule has 5 nitrogen and oxygen atoms in total. The van der Waals surface area contributed by atoms with Crippen LogP contribution in [0.3, 0.4) is 0 Å². The molecule has 1 aliphatic heterocycles. The van der Waals surface area contributed by atoms with Crippen molar-refractivity contribution in [3.05, 3.63) is 35.6 Å². The minimum absolute atomic E-state index is 0.243. The number of carboxylic acids is 1. The molecule has 1 aromatic rings. The van der Waals surface area contributed by atoms with Crippen LogP contribution in [0.2, 0.25) is 0 Å². The number of amides is 1. The molecule has 2 rings (SSSR count). The lowest BCUT2D eigenvalue weighted by atomic mass is 10.00. The van der Waals surface area contributed by atoms with Crippen LogP contribution in [0.1, 0.15) is 37.4 Å². The number of hydrogen-bond acceptors (Lipinski definition) is 3. The minimum atomic E-state index is -1.13. The molecular weight excluding hydrogens is 277 g/mol. The molecule has 1 amide bonds. The normalized spacial score (nSPS) is 20.1. The van der Waals surface area contributed by atoms with Gasteiger partial charge in [-0.05, 0) is 37.0 Å². The fraction of sp³-hybridized carbons (Fsp3) is 0.467.